The molecule has 6 nitrogen and oxygen atoms in total. The molecule has 20 heavy (non-hydrogen) atoms. The Morgan fingerprint density at radius 3 is 2.00 bits per heavy atom. The highest BCUT2D eigenvalue weighted by atomic mass is 16.3. The van der Waals surface area contributed by atoms with Crippen LogP contribution in [0.25, 0.3) is 0 Å². The van der Waals surface area contributed by atoms with Crippen LogP contribution < -0.4 is 11.5 Å². The van der Waals surface area contributed by atoms with Gasteiger partial charge in [0.2, 0.25) is 12.3 Å². The van der Waals surface area contributed by atoms with Crippen LogP contribution in [0.15, 0.2) is 0 Å². The molecule has 0 radical (unpaired) electrons. The smallest absolute Gasteiger partial charge is 0.223 e. The Hall–Kier alpha value is -1.14. The fourth-order valence-corrected chi connectivity index (χ4v) is 1.53. The van der Waals surface area contributed by atoms with Gasteiger partial charge in [-0.2, -0.15) is 0 Å². The molecule has 1 heterocycles. The molecule has 1 saturated heterocycles. The second-order valence-electron chi connectivity index (χ2n) is 5.16. The maximum atomic E-state index is 11.6. The first-order valence-electron chi connectivity index (χ1n) is 6.99. The van der Waals surface area contributed by atoms with Gasteiger partial charge in [0.1, 0.15) is 0 Å². The number of β-amino-alcohol motifs (C(OH)–C–C–N with tert-alkyl or cyclic N) is 1. The monoisotopic (exact) mass is 291 g/mol. The van der Waals surface area contributed by atoms with E-state index in [0.29, 0.717) is 13.0 Å². The Balaban J connectivity index is -0.000000355. The molecular weight excluding hydrogens is 258 g/mol. The first-order valence-corrected chi connectivity index (χ1v) is 6.99. The lowest BCUT2D eigenvalue weighted by atomic mass is 9.92. The molecule has 1 aliphatic heterocycles. The summed E-state index contributed by atoms with van der Waals surface area (Å²) in [4.78, 5) is 22.0. The van der Waals surface area contributed by atoms with Gasteiger partial charge >= 0.3 is 0 Å². The van der Waals surface area contributed by atoms with Gasteiger partial charge in [-0.15, -0.1) is 0 Å². The van der Waals surface area contributed by atoms with Crippen molar-refractivity contribution in [3.63, 3.8) is 0 Å². The van der Waals surface area contributed by atoms with Gasteiger partial charge in [-0.1, -0.05) is 34.6 Å². The molecule has 0 aromatic carbocycles. The summed E-state index contributed by atoms with van der Waals surface area (Å²) in [6.45, 7) is 11.4. The van der Waals surface area contributed by atoms with Crippen molar-refractivity contribution in [2.45, 2.75) is 53.6 Å². The third-order valence-corrected chi connectivity index (χ3v) is 2.20. The largest absolute Gasteiger partial charge is 0.391 e. The molecule has 0 aromatic heterocycles. The maximum absolute atomic E-state index is 11.6. The number of likely N-dealkylation sites (tertiary alicyclic amines) is 1. The second-order valence-corrected chi connectivity index (χ2v) is 5.16. The minimum absolute atomic E-state index is 0.0463. The van der Waals surface area contributed by atoms with E-state index in [1.54, 1.807) is 4.90 Å². The first kappa shape index (κ1) is 23.9. The number of aliphatic hydroxyl groups excluding tert-OH is 1. The molecule has 1 unspecified atom stereocenters. The predicted octanol–water partition coefficient (Wildman–Crippen LogP) is 0.718. The van der Waals surface area contributed by atoms with Crippen molar-refractivity contribution in [1.29, 1.82) is 0 Å². The van der Waals surface area contributed by atoms with Gasteiger partial charge in [0.05, 0.1) is 6.10 Å². The highest BCUT2D eigenvalue weighted by molar-refractivity contribution is 5.77. The van der Waals surface area contributed by atoms with Crippen molar-refractivity contribution in [3.05, 3.63) is 0 Å². The average molecular weight is 291 g/mol. The molecule has 5 N–H and O–H groups in total. The minimum Gasteiger partial charge on any atom is -0.391 e. The summed E-state index contributed by atoms with van der Waals surface area (Å²) in [5.41, 5.74) is 8.71. The van der Waals surface area contributed by atoms with Crippen LogP contribution in [0.4, 0.5) is 0 Å². The van der Waals surface area contributed by atoms with Crippen LogP contribution in [0.1, 0.15) is 47.5 Å². The Bertz CT molecular complexity index is 240. The minimum atomic E-state index is -0.302. The molecule has 122 valence electrons. The number of amides is 2. The maximum Gasteiger partial charge on any atom is 0.223 e. The Morgan fingerprint density at radius 1 is 1.35 bits per heavy atom. The molecule has 6 heteroatoms. The van der Waals surface area contributed by atoms with Gasteiger partial charge in [-0.25, -0.2) is 0 Å². The Morgan fingerprint density at radius 2 is 1.75 bits per heavy atom. The molecule has 0 spiro atoms. The molecule has 1 atom stereocenters. The van der Waals surface area contributed by atoms with Gasteiger partial charge in [0, 0.05) is 19.5 Å². The van der Waals surface area contributed by atoms with E-state index >= 15 is 0 Å². The summed E-state index contributed by atoms with van der Waals surface area (Å²) in [6.07, 6.45) is 1.25. The quantitative estimate of drug-likeness (QED) is 0.618. The van der Waals surface area contributed by atoms with E-state index in [1.165, 1.54) is 7.05 Å². The van der Waals surface area contributed by atoms with E-state index in [0.717, 1.165) is 13.0 Å². The van der Waals surface area contributed by atoms with E-state index < -0.39 is 0 Å². The van der Waals surface area contributed by atoms with Crippen molar-refractivity contribution in [1.82, 2.24) is 4.90 Å². The summed E-state index contributed by atoms with van der Waals surface area (Å²) >= 11 is 0. The molecule has 0 aromatic rings. The number of hydrogen-bond acceptors (Lipinski definition) is 4. The SMILES string of the molecule is CC.CC(C)(C)CC(=O)N1CCC(O)C1.CN.NC=O. The molecular formula is C14H33N3O3. The van der Waals surface area contributed by atoms with Gasteiger partial charge < -0.3 is 21.5 Å². The lowest BCUT2D eigenvalue weighted by Crippen LogP contribution is -2.32. The van der Waals surface area contributed by atoms with Crippen molar-refractivity contribution in [2.24, 2.45) is 16.9 Å². The molecule has 0 saturated carbocycles. The van der Waals surface area contributed by atoms with Crippen LogP contribution >= 0.6 is 0 Å². The molecule has 1 aliphatic rings. The number of aliphatic hydroxyl groups is 1. The number of nitrogens with zero attached hydrogens (tertiary/aromatic N) is 1. The normalized spacial score (nSPS) is 16.6. The van der Waals surface area contributed by atoms with E-state index in [-0.39, 0.29) is 23.8 Å². The van der Waals surface area contributed by atoms with E-state index in [4.69, 9.17) is 4.79 Å². The van der Waals surface area contributed by atoms with Crippen LogP contribution in [0.5, 0.6) is 0 Å². The number of carbonyl (C=O) groups excluding carboxylic acids is 2. The predicted molar refractivity (Wildman–Crippen MR) is 83.0 cm³/mol. The number of carbonyl (C=O) groups is 2. The Labute approximate surface area is 123 Å². The standard InChI is InChI=1S/C10H19NO2.C2H6.CH3NO.CH5N/c1-10(2,3)6-9(13)11-5-4-8(12)7-11;1-2;2-1-3;1-2/h8,12H,4-7H2,1-3H3;1-2H3;1H,(H2,2,3);2H2,1H3. The molecule has 1 fully saturated rings. The third kappa shape index (κ3) is 14.9. The lowest BCUT2D eigenvalue weighted by molar-refractivity contribution is -0.132. The summed E-state index contributed by atoms with van der Waals surface area (Å²) in [7, 11) is 1.50. The zero-order valence-corrected chi connectivity index (χ0v) is 13.8. The van der Waals surface area contributed by atoms with Gasteiger partial charge in [-0.05, 0) is 18.9 Å². The molecule has 2 amide bonds. The number of hydrogen-bond donors (Lipinski definition) is 3. The van der Waals surface area contributed by atoms with E-state index in [9.17, 15) is 9.90 Å². The number of rotatable bonds is 1. The summed E-state index contributed by atoms with van der Waals surface area (Å²) in [5.74, 6) is 0.170. The fraction of sp³-hybridized carbons (Fsp3) is 0.857. The van der Waals surface area contributed by atoms with Gasteiger partial charge in [0.25, 0.3) is 0 Å². The van der Waals surface area contributed by atoms with Crippen molar-refractivity contribution in [2.75, 3.05) is 20.1 Å². The average Bonchev–Trinajstić information content (AvgIpc) is 2.80. The first-order chi connectivity index (χ1) is 9.30. The number of nitrogens with two attached hydrogens (primary N) is 2. The van der Waals surface area contributed by atoms with E-state index in [2.05, 4.69) is 32.2 Å². The highest BCUT2D eigenvalue weighted by Crippen LogP contribution is 2.21. The number of primary amides is 1. The van der Waals surface area contributed by atoms with Gasteiger partial charge in [-0.3, -0.25) is 9.59 Å². The van der Waals surface area contributed by atoms with Crippen LogP contribution in [0.3, 0.4) is 0 Å². The van der Waals surface area contributed by atoms with Crippen molar-refractivity contribution >= 4 is 12.3 Å². The lowest BCUT2D eigenvalue weighted by Gasteiger charge is -2.22. The van der Waals surface area contributed by atoms with Crippen LogP contribution in [0.2, 0.25) is 0 Å². The summed E-state index contributed by atoms with van der Waals surface area (Å²) in [5, 5.41) is 9.25. The van der Waals surface area contributed by atoms with Crippen LogP contribution in [0, 0.1) is 5.41 Å². The van der Waals surface area contributed by atoms with Gasteiger partial charge in [0.15, 0.2) is 0 Å². The zero-order valence-electron chi connectivity index (χ0n) is 13.8. The van der Waals surface area contributed by atoms with Crippen LogP contribution in [-0.2, 0) is 9.59 Å². The topological polar surface area (TPSA) is 110 Å². The molecule has 0 aliphatic carbocycles. The molecule has 1 rings (SSSR count). The van der Waals surface area contributed by atoms with Crippen LogP contribution in [-0.4, -0.2) is 48.6 Å². The summed E-state index contributed by atoms with van der Waals surface area (Å²) < 4.78 is 0. The fourth-order valence-electron chi connectivity index (χ4n) is 1.53. The Kier molecular flexibility index (Phi) is 17.1. The summed E-state index contributed by atoms with van der Waals surface area (Å²) in [6, 6.07) is 0. The highest BCUT2D eigenvalue weighted by Gasteiger charge is 2.27. The second kappa shape index (κ2) is 14.3. The van der Waals surface area contributed by atoms with Crippen molar-refractivity contribution in [3.8, 4) is 0 Å². The van der Waals surface area contributed by atoms with E-state index in [1.807, 2.05) is 13.8 Å². The van der Waals surface area contributed by atoms with Crippen molar-refractivity contribution < 1.29 is 14.7 Å². The zero-order chi connectivity index (χ0) is 16.8. The third-order valence-electron chi connectivity index (χ3n) is 2.20. The molecule has 0 bridgehead atoms.